The molecule has 12 heteroatoms. The summed E-state index contributed by atoms with van der Waals surface area (Å²) in [4.78, 5) is 16.4. The van der Waals surface area contributed by atoms with Crippen LogP contribution in [0.2, 0.25) is 0 Å². The van der Waals surface area contributed by atoms with E-state index in [1.54, 1.807) is 27.9 Å². The highest BCUT2D eigenvalue weighted by atomic mass is 16.7. The Morgan fingerprint density at radius 1 is 0.863 bits per heavy atom. The average molecular weight is 731 g/mol. The highest BCUT2D eigenvalue weighted by Crippen LogP contribution is 2.42. The van der Waals surface area contributed by atoms with Crippen molar-refractivity contribution in [1.29, 1.82) is 0 Å². The van der Waals surface area contributed by atoms with Gasteiger partial charge < -0.3 is 54.4 Å². The lowest BCUT2D eigenvalue weighted by atomic mass is 9.69. The third-order valence-electron chi connectivity index (χ3n) is 13.1. The van der Waals surface area contributed by atoms with E-state index in [0.29, 0.717) is 12.8 Å². The van der Waals surface area contributed by atoms with E-state index in [0.717, 1.165) is 0 Å². The van der Waals surface area contributed by atoms with Gasteiger partial charge in [0.1, 0.15) is 12.2 Å². The van der Waals surface area contributed by atoms with Gasteiger partial charge in [-0.15, -0.1) is 0 Å². The van der Waals surface area contributed by atoms with Gasteiger partial charge in [-0.2, -0.15) is 0 Å². The molecule has 0 radical (unpaired) electrons. The molecule has 0 amide bonds. The maximum absolute atomic E-state index is 14.3. The molecule has 3 aliphatic rings. The van der Waals surface area contributed by atoms with E-state index in [-0.39, 0.29) is 42.7 Å². The normalized spacial score (nSPS) is 49.3. The molecule has 3 rings (SSSR count). The minimum Gasteiger partial charge on any atom is -0.461 e. The number of hydrogen-bond donors (Lipinski definition) is 4. The van der Waals surface area contributed by atoms with Crippen molar-refractivity contribution in [2.75, 3.05) is 21.2 Å². The van der Waals surface area contributed by atoms with Crippen molar-refractivity contribution in [3.8, 4) is 0 Å². The van der Waals surface area contributed by atoms with Gasteiger partial charge in [-0.1, -0.05) is 48.5 Å². The van der Waals surface area contributed by atoms with Gasteiger partial charge in [0.25, 0.3) is 0 Å². The predicted molar refractivity (Wildman–Crippen MR) is 196 cm³/mol. The summed E-state index contributed by atoms with van der Waals surface area (Å²) in [6, 6.07) is -0.304. The molecule has 0 aromatic heterocycles. The summed E-state index contributed by atoms with van der Waals surface area (Å²) in [6.07, 6.45) is -4.84. The predicted octanol–water partition coefficient (Wildman–Crippen LogP) is 4.09. The van der Waals surface area contributed by atoms with Crippen molar-refractivity contribution in [3.05, 3.63) is 0 Å². The molecule has 0 spiro atoms. The zero-order chi connectivity index (χ0) is 39.0. The number of nitrogens with two attached hydrogens (primary N) is 1. The summed E-state index contributed by atoms with van der Waals surface area (Å²) in [5.41, 5.74) is 3.62. The smallest absolute Gasteiger partial charge is 0.311 e. The summed E-state index contributed by atoms with van der Waals surface area (Å²) >= 11 is 0. The minimum absolute atomic E-state index is 0.102. The first kappa shape index (κ1) is 44.5. The Bertz CT molecular complexity index is 1120. The molecule has 3 saturated heterocycles. The largest absolute Gasteiger partial charge is 0.461 e. The number of esters is 1. The molecule has 3 aliphatic heterocycles. The summed E-state index contributed by atoms with van der Waals surface area (Å²) in [5, 5.41) is 35.2. The van der Waals surface area contributed by atoms with E-state index in [4.69, 9.17) is 34.2 Å². The second-order valence-electron chi connectivity index (χ2n) is 17.7. The fraction of sp³-hybridized carbons (Fsp3) is 0.974. The number of rotatable bonds is 7. The lowest BCUT2D eigenvalue weighted by Crippen LogP contribution is -2.60. The molecule has 300 valence electrons. The van der Waals surface area contributed by atoms with Crippen molar-refractivity contribution in [1.82, 2.24) is 4.90 Å². The van der Waals surface area contributed by atoms with Gasteiger partial charge in [0.15, 0.2) is 12.6 Å². The highest BCUT2D eigenvalue weighted by molar-refractivity contribution is 5.73. The fourth-order valence-electron chi connectivity index (χ4n) is 9.20. The van der Waals surface area contributed by atoms with E-state index < -0.39 is 89.7 Å². The van der Waals surface area contributed by atoms with Gasteiger partial charge in [0.05, 0.1) is 47.6 Å². The zero-order valence-electron chi connectivity index (χ0n) is 34.3. The number of methoxy groups -OCH3 is 1. The topological polar surface area (TPSA) is 162 Å². The standard InChI is InChI=1S/C39H74N2O10/c1-16-28-37(9,10)33(42)22(4)31(40)20(2)18-38(11,45)35(51-29-17-27(41(13)14)21(3)25(7)47-29)23(5)32(24(6)36(44)49-28)50-30-19-39(12,46-15)34(43)26(8)48-30/h20-35,42-43,45H,16-19,40H2,1-15H3/t20-,21?,22+,23-,24-,25?,26?,27?,28-,29?,30?,31?,32+,33-,34?,35-,38-,39?/m1/s1. The molecule has 12 nitrogen and oxygen atoms in total. The molecule has 0 aromatic rings. The van der Waals surface area contributed by atoms with E-state index in [1.807, 2.05) is 69.5 Å². The second-order valence-corrected chi connectivity index (χ2v) is 17.7. The van der Waals surface area contributed by atoms with Crippen LogP contribution in [0.1, 0.15) is 109 Å². The molecule has 0 aliphatic carbocycles. The summed E-state index contributed by atoms with van der Waals surface area (Å²) < 4.78 is 38.4. The van der Waals surface area contributed by atoms with Gasteiger partial charge in [0.2, 0.25) is 0 Å². The van der Waals surface area contributed by atoms with Gasteiger partial charge in [0, 0.05) is 43.4 Å². The Morgan fingerprint density at radius 2 is 1.45 bits per heavy atom. The van der Waals surface area contributed by atoms with E-state index in [2.05, 4.69) is 11.8 Å². The first-order valence-corrected chi connectivity index (χ1v) is 19.3. The van der Waals surface area contributed by atoms with Crippen LogP contribution in [0.15, 0.2) is 0 Å². The lowest BCUT2D eigenvalue weighted by Gasteiger charge is -2.49. The Kier molecular flexibility index (Phi) is 15.0. The molecule has 0 aromatic carbocycles. The van der Waals surface area contributed by atoms with Crippen LogP contribution in [0.5, 0.6) is 0 Å². The number of carbonyl (C=O) groups excluding carboxylic acids is 1. The number of hydrogen-bond acceptors (Lipinski definition) is 12. The van der Waals surface area contributed by atoms with Crippen molar-refractivity contribution < 1.29 is 48.5 Å². The Hall–Kier alpha value is -0.930. The molecular formula is C39H74N2O10. The average Bonchev–Trinajstić information content (AvgIpc) is 3.05. The monoisotopic (exact) mass is 731 g/mol. The Balaban J connectivity index is 2.16. The number of cyclic esters (lactones) is 1. The Labute approximate surface area is 308 Å². The number of aliphatic hydroxyl groups is 3. The number of nitrogens with zero attached hydrogens (tertiary/aromatic N) is 1. The minimum atomic E-state index is -1.47. The second kappa shape index (κ2) is 17.3. The molecule has 51 heavy (non-hydrogen) atoms. The van der Waals surface area contributed by atoms with Crippen LogP contribution in [-0.2, 0) is 33.2 Å². The van der Waals surface area contributed by atoms with Crippen LogP contribution in [0.3, 0.4) is 0 Å². The van der Waals surface area contributed by atoms with Crippen LogP contribution in [-0.4, -0.2) is 126 Å². The van der Waals surface area contributed by atoms with Crippen LogP contribution in [0.4, 0.5) is 0 Å². The van der Waals surface area contributed by atoms with Crippen molar-refractivity contribution in [2.24, 2.45) is 40.7 Å². The van der Waals surface area contributed by atoms with Crippen molar-refractivity contribution in [3.63, 3.8) is 0 Å². The van der Waals surface area contributed by atoms with E-state index in [1.165, 1.54) is 0 Å². The summed E-state index contributed by atoms with van der Waals surface area (Å²) in [5.74, 6) is -2.28. The molecular weight excluding hydrogens is 656 g/mol. The van der Waals surface area contributed by atoms with Crippen LogP contribution >= 0.6 is 0 Å². The number of carbonyl (C=O) groups is 1. The number of aliphatic hydroxyl groups excluding tert-OH is 2. The molecule has 5 N–H and O–H groups in total. The van der Waals surface area contributed by atoms with Crippen molar-refractivity contribution in [2.45, 2.75) is 187 Å². The summed E-state index contributed by atoms with van der Waals surface area (Å²) in [6.45, 7) is 22.9. The van der Waals surface area contributed by atoms with Gasteiger partial charge >= 0.3 is 5.97 Å². The van der Waals surface area contributed by atoms with Crippen molar-refractivity contribution >= 4 is 5.97 Å². The molecule has 9 unspecified atom stereocenters. The maximum atomic E-state index is 14.3. The first-order chi connectivity index (χ1) is 23.4. The number of ether oxygens (including phenoxy) is 6. The van der Waals surface area contributed by atoms with E-state index >= 15 is 0 Å². The third-order valence-corrected chi connectivity index (χ3v) is 13.1. The zero-order valence-corrected chi connectivity index (χ0v) is 34.3. The summed E-state index contributed by atoms with van der Waals surface area (Å²) in [7, 11) is 5.64. The SMILES string of the molecule is CC[C@H]1OC(=O)[C@H](C)[C@@H](OC2CC(C)(OC)C(O)C(C)O2)[C@@H](C)[C@@H](OC2CC(N(C)C)C(C)C(C)O2)[C@](C)(O)C[C@@H](C)C(N)[C@H](C)[C@@H](O)C1(C)C. The third kappa shape index (κ3) is 9.66. The van der Waals surface area contributed by atoms with Crippen LogP contribution in [0, 0.1) is 35.0 Å². The van der Waals surface area contributed by atoms with E-state index in [9.17, 15) is 20.1 Å². The molecule has 3 fully saturated rings. The maximum Gasteiger partial charge on any atom is 0.311 e. The van der Waals surface area contributed by atoms with Crippen LogP contribution in [0.25, 0.3) is 0 Å². The molecule has 18 atom stereocenters. The molecule has 0 bridgehead atoms. The highest BCUT2D eigenvalue weighted by Gasteiger charge is 2.52. The quantitative estimate of drug-likeness (QED) is 0.278. The molecule has 0 saturated carbocycles. The van der Waals surface area contributed by atoms with Gasteiger partial charge in [-0.25, -0.2) is 0 Å². The van der Waals surface area contributed by atoms with Gasteiger partial charge in [-0.3, -0.25) is 4.79 Å². The molecule has 3 heterocycles. The van der Waals surface area contributed by atoms with Gasteiger partial charge in [-0.05, 0) is 79.3 Å². The first-order valence-electron chi connectivity index (χ1n) is 19.3. The lowest BCUT2D eigenvalue weighted by molar-refractivity contribution is -0.310. The fourth-order valence-corrected chi connectivity index (χ4v) is 9.20. The van der Waals surface area contributed by atoms with Crippen LogP contribution < -0.4 is 5.73 Å². The Morgan fingerprint density at radius 3 is 2.00 bits per heavy atom.